The number of likely N-dealkylation sites (tertiary alicyclic amines) is 1. The first-order valence-corrected chi connectivity index (χ1v) is 13.1. The van der Waals surface area contributed by atoms with Crippen LogP contribution in [-0.4, -0.2) is 81.4 Å². The molecule has 190 valence electrons. The molecule has 1 aromatic heterocycles. The fraction of sp³-hybridized carbons (Fsp3) is 0.500. The van der Waals surface area contributed by atoms with Gasteiger partial charge in [0.2, 0.25) is 17.7 Å². The van der Waals surface area contributed by atoms with Crippen LogP contribution in [0.3, 0.4) is 0 Å². The van der Waals surface area contributed by atoms with E-state index in [1.54, 1.807) is 24.9 Å². The van der Waals surface area contributed by atoms with Gasteiger partial charge in [0.25, 0.3) is 0 Å². The minimum absolute atomic E-state index is 0.103. The van der Waals surface area contributed by atoms with Crippen LogP contribution in [0.4, 0.5) is 0 Å². The first-order valence-electron chi connectivity index (χ1n) is 11.7. The van der Waals surface area contributed by atoms with Crippen molar-refractivity contribution in [1.82, 2.24) is 20.5 Å². The van der Waals surface area contributed by atoms with Crippen molar-refractivity contribution in [3.05, 3.63) is 36.0 Å². The van der Waals surface area contributed by atoms with Crippen molar-refractivity contribution in [2.45, 2.75) is 56.8 Å². The van der Waals surface area contributed by atoms with Gasteiger partial charge in [0.1, 0.15) is 18.1 Å². The number of amides is 3. The molecule has 0 bridgehead atoms. The molecule has 10 nitrogen and oxygen atoms in total. The maximum Gasteiger partial charge on any atom is 0.326 e. The van der Waals surface area contributed by atoms with Gasteiger partial charge in [0.05, 0.1) is 6.04 Å². The van der Waals surface area contributed by atoms with Crippen LogP contribution < -0.4 is 16.4 Å². The Balaban J connectivity index is 1.63. The standard InChI is InChI=1S/C24H33N5O5S/c1-14(27-21(30)17(25)9-11-35-2)23(32)29-10-5-8-20(29)22(31)28-19(24(33)34)12-15-13-26-18-7-4-3-6-16(15)18/h3-4,6-7,13-14,17,19-20,26H,5,8-12,25H2,1-2H3,(H,27,30)(H,28,31)(H,33,34). The molecule has 0 spiro atoms. The van der Waals surface area contributed by atoms with E-state index in [2.05, 4.69) is 15.6 Å². The molecule has 35 heavy (non-hydrogen) atoms. The largest absolute Gasteiger partial charge is 0.480 e. The Morgan fingerprint density at radius 2 is 2.00 bits per heavy atom. The second-order valence-electron chi connectivity index (χ2n) is 8.77. The number of carboxylic acids is 1. The molecule has 1 saturated heterocycles. The number of H-pyrrole nitrogens is 1. The van der Waals surface area contributed by atoms with Gasteiger partial charge < -0.3 is 31.4 Å². The Morgan fingerprint density at radius 3 is 2.71 bits per heavy atom. The molecule has 1 fully saturated rings. The van der Waals surface area contributed by atoms with Crippen LogP contribution in [-0.2, 0) is 25.6 Å². The zero-order chi connectivity index (χ0) is 25.5. The average Bonchev–Trinajstić information content (AvgIpc) is 3.49. The first kappa shape index (κ1) is 26.6. The lowest BCUT2D eigenvalue weighted by molar-refractivity contribution is -0.144. The molecular formula is C24H33N5O5S. The van der Waals surface area contributed by atoms with E-state index < -0.39 is 47.9 Å². The number of benzene rings is 1. The second kappa shape index (κ2) is 12.1. The SMILES string of the molecule is CSCCC(N)C(=O)NC(C)C(=O)N1CCCC1C(=O)NC(Cc1c[nH]c2ccccc12)C(=O)O. The number of hydrogen-bond acceptors (Lipinski definition) is 6. The van der Waals surface area contributed by atoms with Crippen molar-refractivity contribution >= 4 is 46.4 Å². The van der Waals surface area contributed by atoms with Gasteiger partial charge in [-0.2, -0.15) is 11.8 Å². The number of nitrogens with two attached hydrogens (primary N) is 1. The number of nitrogens with zero attached hydrogens (tertiary/aromatic N) is 1. The van der Waals surface area contributed by atoms with Crippen LogP contribution in [0.1, 0.15) is 31.7 Å². The topological polar surface area (TPSA) is 158 Å². The molecular weight excluding hydrogens is 470 g/mol. The number of para-hydroxylation sites is 1. The van der Waals surface area contributed by atoms with Crippen molar-refractivity contribution in [3.8, 4) is 0 Å². The molecule has 1 aromatic carbocycles. The smallest absolute Gasteiger partial charge is 0.326 e. The lowest BCUT2D eigenvalue weighted by Crippen LogP contribution is -2.56. The van der Waals surface area contributed by atoms with Gasteiger partial charge in [-0.25, -0.2) is 4.79 Å². The van der Waals surface area contributed by atoms with Crippen molar-refractivity contribution in [2.75, 3.05) is 18.6 Å². The molecule has 0 radical (unpaired) electrons. The van der Waals surface area contributed by atoms with Crippen LogP contribution in [0.5, 0.6) is 0 Å². The van der Waals surface area contributed by atoms with Crippen LogP contribution in [0.2, 0.25) is 0 Å². The van der Waals surface area contributed by atoms with E-state index >= 15 is 0 Å². The minimum atomic E-state index is -1.15. The molecule has 0 saturated carbocycles. The first-order chi connectivity index (χ1) is 16.7. The predicted molar refractivity (Wildman–Crippen MR) is 135 cm³/mol. The van der Waals surface area contributed by atoms with E-state index in [-0.39, 0.29) is 6.42 Å². The number of aromatic amines is 1. The Bertz CT molecular complexity index is 1070. The molecule has 4 unspecified atom stereocenters. The summed E-state index contributed by atoms with van der Waals surface area (Å²) in [6, 6.07) is 4.03. The summed E-state index contributed by atoms with van der Waals surface area (Å²) in [7, 11) is 0. The second-order valence-corrected chi connectivity index (χ2v) is 9.76. The van der Waals surface area contributed by atoms with Crippen LogP contribution in [0, 0.1) is 0 Å². The van der Waals surface area contributed by atoms with E-state index in [1.807, 2.05) is 30.5 Å². The Morgan fingerprint density at radius 1 is 1.26 bits per heavy atom. The molecule has 1 aliphatic heterocycles. The number of carboxylic acid groups (broad SMARTS) is 1. The monoisotopic (exact) mass is 503 g/mol. The number of carbonyl (C=O) groups excluding carboxylic acids is 3. The molecule has 2 heterocycles. The van der Waals surface area contributed by atoms with Gasteiger partial charge in [-0.3, -0.25) is 14.4 Å². The fourth-order valence-corrected chi connectivity index (χ4v) is 4.79. The summed E-state index contributed by atoms with van der Waals surface area (Å²) >= 11 is 1.58. The zero-order valence-electron chi connectivity index (χ0n) is 20.0. The van der Waals surface area contributed by atoms with Crippen LogP contribution >= 0.6 is 11.8 Å². The summed E-state index contributed by atoms with van der Waals surface area (Å²) in [4.78, 5) is 54.8. The molecule has 3 amide bonds. The Hall–Kier alpha value is -3.05. The highest BCUT2D eigenvalue weighted by Crippen LogP contribution is 2.21. The van der Waals surface area contributed by atoms with Crippen molar-refractivity contribution < 1.29 is 24.3 Å². The number of aromatic nitrogens is 1. The summed E-state index contributed by atoms with van der Waals surface area (Å²) in [5, 5.41) is 15.9. The third-order valence-electron chi connectivity index (χ3n) is 6.25. The van der Waals surface area contributed by atoms with E-state index in [0.717, 1.165) is 22.2 Å². The van der Waals surface area contributed by atoms with Gasteiger partial charge in [-0.1, -0.05) is 18.2 Å². The highest BCUT2D eigenvalue weighted by atomic mass is 32.2. The van der Waals surface area contributed by atoms with Gasteiger partial charge >= 0.3 is 5.97 Å². The number of hydrogen-bond donors (Lipinski definition) is 5. The van der Waals surface area contributed by atoms with Gasteiger partial charge in [0, 0.05) is 30.1 Å². The molecule has 6 N–H and O–H groups in total. The number of nitrogens with one attached hydrogen (secondary N) is 3. The summed E-state index contributed by atoms with van der Waals surface area (Å²) in [5.41, 5.74) is 7.55. The lowest BCUT2D eigenvalue weighted by Gasteiger charge is -2.28. The van der Waals surface area contributed by atoms with Gasteiger partial charge in [-0.05, 0) is 49.8 Å². The fourth-order valence-electron chi connectivity index (χ4n) is 4.30. The zero-order valence-corrected chi connectivity index (χ0v) is 20.8. The summed E-state index contributed by atoms with van der Waals surface area (Å²) in [6.45, 7) is 1.92. The lowest BCUT2D eigenvalue weighted by atomic mass is 10.0. The van der Waals surface area contributed by atoms with Crippen molar-refractivity contribution in [3.63, 3.8) is 0 Å². The molecule has 3 rings (SSSR count). The maximum atomic E-state index is 13.1. The molecule has 11 heteroatoms. The normalized spacial score (nSPS) is 18.1. The van der Waals surface area contributed by atoms with Crippen molar-refractivity contribution in [1.29, 1.82) is 0 Å². The number of fused-ring (bicyclic) bond motifs is 1. The van der Waals surface area contributed by atoms with E-state index in [0.29, 0.717) is 25.8 Å². The van der Waals surface area contributed by atoms with Crippen LogP contribution in [0.25, 0.3) is 10.9 Å². The van der Waals surface area contributed by atoms with Crippen LogP contribution in [0.15, 0.2) is 30.5 Å². The highest BCUT2D eigenvalue weighted by molar-refractivity contribution is 7.98. The highest BCUT2D eigenvalue weighted by Gasteiger charge is 2.38. The molecule has 1 aliphatic rings. The molecule has 4 atom stereocenters. The van der Waals surface area contributed by atoms with E-state index in [1.165, 1.54) is 4.90 Å². The Labute approximate surface area is 208 Å². The maximum absolute atomic E-state index is 13.1. The summed E-state index contributed by atoms with van der Waals surface area (Å²) in [5.74, 6) is -1.74. The summed E-state index contributed by atoms with van der Waals surface area (Å²) < 4.78 is 0. The predicted octanol–water partition coefficient (Wildman–Crippen LogP) is 0.856. The average molecular weight is 504 g/mol. The number of aliphatic carboxylic acids is 1. The molecule has 0 aliphatic carbocycles. The quantitative estimate of drug-likeness (QED) is 0.304. The van der Waals surface area contributed by atoms with E-state index in [9.17, 15) is 24.3 Å². The van der Waals surface area contributed by atoms with E-state index in [4.69, 9.17) is 5.73 Å². The molecule has 2 aromatic rings. The minimum Gasteiger partial charge on any atom is -0.480 e. The Kier molecular flexibility index (Phi) is 9.16. The number of carbonyl (C=O) groups is 4. The van der Waals surface area contributed by atoms with Gasteiger partial charge in [0.15, 0.2) is 0 Å². The number of thioether (sulfide) groups is 1. The third kappa shape index (κ3) is 6.55. The van der Waals surface area contributed by atoms with Gasteiger partial charge in [-0.15, -0.1) is 0 Å². The van der Waals surface area contributed by atoms with Crippen molar-refractivity contribution in [2.24, 2.45) is 5.73 Å². The third-order valence-corrected chi connectivity index (χ3v) is 6.89. The number of rotatable bonds is 11. The summed E-state index contributed by atoms with van der Waals surface area (Å²) in [6.07, 6.45) is 5.29.